The summed E-state index contributed by atoms with van der Waals surface area (Å²) < 4.78 is 5.21. The molecule has 0 radical (unpaired) electrons. The van der Waals surface area contributed by atoms with E-state index in [0.29, 0.717) is 12.1 Å². The lowest BCUT2D eigenvalue weighted by atomic mass is 10.1. The zero-order chi connectivity index (χ0) is 8.85. The van der Waals surface area contributed by atoms with Crippen LogP contribution < -0.4 is 0 Å². The van der Waals surface area contributed by atoms with Crippen LogP contribution in [0.25, 0.3) is 0 Å². The lowest BCUT2D eigenvalue weighted by molar-refractivity contribution is 0.0835. The maximum absolute atomic E-state index is 5.21. The van der Waals surface area contributed by atoms with E-state index in [1.807, 2.05) is 0 Å². The topological polar surface area (TPSA) is 12.5 Å². The number of ether oxygens (including phenoxy) is 1. The van der Waals surface area contributed by atoms with E-state index in [2.05, 4.69) is 32.8 Å². The van der Waals surface area contributed by atoms with E-state index in [1.54, 1.807) is 7.11 Å². The van der Waals surface area contributed by atoms with Crippen LogP contribution in [0.15, 0.2) is 0 Å². The van der Waals surface area contributed by atoms with Crippen molar-refractivity contribution in [3.8, 4) is 0 Å². The molecule has 0 bridgehead atoms. The molecule has 0 spiro atoms. The van der Waals surface area contributed by atoms with Crippen LogP contribution in [-0.4, -0.2) is 38.3 Å². The third-order valence-corrected chi connectivity index (χ3v) is 2.21. The van der Waals surface area contributed by atoms with Crippen molar-refractivity contribution >= 4 is 0 Å². The number of hydrogen-bond acceptors (Lipinski definition) is 2. The maximum atomic E-state index is 5.21. The second-order valence-corrected chi connectivity index (χ2v) is 3.31. The monoisotopic (exact) mass is 159 g/mol. The van der Waals surface area contributed by atoms with E-state index in [4.69, 9.17) is 4.74 Å². The molecule has 0 aliphatic heterocycles. The van der Waals surface area contributed by atoms with Gasteiger partial charge in [-0.2, -0.15) is 0 Å². The smallest absolute Gasteiger partial charge is 0.0558 e. The van der Waals surface area contributed by atoms with Gasteiger partial charge in [0.1, 0.15) is 0 Å². The number of rotatable bonds is 5. The summed E-state index contributed by atoms with van der Waals surface area (Å²) in [6, 6.07) is 0.657. The fraction of sp³-hybridized carbons (Fsp3) is 1.00. The molecule has 0 N–H and O–H groups in total. The zero-order valence-corrected chi connectivity index (χ0v) is 8.42. The van der Waals surface area contributed by atoms with Crippen molar-refractivity contribution in [1.82, 2.24) is 4.90 Å². The highest BCUT2D eigenvalue weighted by Gasteiger charge is 2.12. The van der Waals surface area contributed by atoms with E-state index in [-0.39, 0.29) is 0 Å². The zero-order valence-electron chi connectivity index (χ0n) is 8.42. The molecule has 2 nitrogen and oxygen atoms in total. The first-order valence-electron chi connectivity index (χ1n) is 4.31. The van der Waals surface area contributed by atoms with Gasteiger partial charge in [0.15, 0.2) is 0 Å². The van der Waals surface area contributed by atoms with E-state index in [0.717, 1.165) is 6.42 Å². The average Bonchev–Trinajstić information content (AvgIpc) is 1.99. The highest BCUT2D eigenvalue weighted by atomic mass is 16.5. The average molecular weight is 159 g/mol. The van der Waals surface area contributed by atoms with E-state index in [1.165, 1.54) is 6.42 Å². The molecule has 0 aliphatic carbocycles. The van der Waals surface area contributed by atoms with Gasteiger partial charge in [-0.25, -0.2) is 0 Å². The van der Waals surface area contributed by atoms with Crippen molar-refractivity contribution in [3.63, 3.8) is 0 Å². The van der Waals surface area contributed by atoms with E-state index >= 15 is 0 Å². The largest absolute Gasteiger partial charge is 0.382 e. The molecule has 0 fully saturated rings. The summed E-state index contributed by atoms with van der Waals surface area (Å²) in [7, 11) is 6.01. The summed E-state index contributed by atoms with van der Waals surface area (Å²) in [5.74, 6) is 0. The number of methoxy groups -OCH3 is 1. The van der Waals surface area contributed by atoms with Crippen molar-refractivity contribution < 1.29 is 4.74 Å². The Balaban J connectivity index is 3.68. The summed E-state index contributed by atoms with van der Waals surface area (Å²) in [6.45, 7) is 4.33. The predicted octanol–water partition coefficient (Wildman–Crippen LogP) is 1.75. The Labute approximate surface area is 70.5 Å². The summed E-state index contributed by atoms with van der Waals surface area (Å²) in [6.07, 6.45) is 2.70. The summed E-state index contributed by atoms with van der Waals surface area (Å²) in [4.78, 5) is 2.26. The summed E-state index contributed by atoms with van der Waals surface area (Å²) in [5.41, 5.74) is 0. The molecule has 0 aliphatic rings. The minimum Gasteiger partial charge on any atom is -0.382 e. The minimum absolute atomic E-state index is 0.377. The molecule has 68 valence electrons. The van der Waals surface area contributed by atoms with E-state index in [9.17, 15) is 0 Å². The van der Waals surface area contributed by atoms with Crippen molar-refractivity contribution in [2.75, 3.05) is 21.2 Å². The van der Waals surface area contributed by atoms with Crippen LogP contribution in [0.5, 0.6) is 0 Å². The molecule has 0 heterocycles. The molecule has 0 amide bonds. The van der Waals surface area contributed by atoms with Crippen LogP contribution >= 0.6 is 0 Å². The Morgan fingerprint density at radius 3 is 2.18 bits per heavy atom. The quantitative estimate of drug-likeness (QED) is 0.606. The van der Waals surface area contributed by atoms with Crippen LogP contribution in [0.2, 0.25) is 0 Å². The van der Waals surface area contributed by atoms with Gasteiger partial charge in [0, 0.05) is 13.2 Å². The Morgan fingerprint density at radius 2 is 1.91 bits per heavy atom. The molecule has 0 saturated heterocycles. The van der Waals surface area contributed by atoms with Crippen LogP contribution in [0.3, 0.4) is 0 Å². The molecular formula is C9H21NO. The molecule has 2 atom stereocenters. The summed E-state index contributed by atoms with van der Waals surface area (Å²) >= 11 is 0. The molecule has 11 heavy (non-hydrogen) atoms. The van der Waals surface area contributed by atoms with Crippen molar-refractivity contribution in [3.05, 3.63) is 0 Å². The highest BCUT2D eigenvalue weighted by Crippen LogP contribution is 2.08. The molecule has 0 saturated carbocycles. The van der Waals surface area contributed by atoms with Crippen LogP contribution in [-0.2, 0) is 4.74 Å². The van der Waals surface area contributed by atoms with Crippen molar-refractivity contribution in [2.45, 2.75) is 38.8 Å². The Kier molecular flexibility index (Phi) is 5.51. The van der Waals surface area contributed by atoms with Gasteiger partial charge in [0.2, 0.25) is 0 Å². The fourth-order valence-electron chi connectivity index (χ4n) is 1.22. The van der Waals surface area contributed by atoms with Gasteiger partial charge < -0.3 is 9.64 Å². The maximum Gasteiger partial charge on any atom is 0.0558 e. The van der Waals surface area contributed by atoms with Crippen LogP contribution in [0, 0.1) is 0 Å². The Morgan fingerprint density at radius 1 is 1.36 bits per heavy atom. The molecule has 0 aromatic rings. The van der Waals surface area contributed by atoms with Gasteiger partial charge in [-0.3, -0.25) is 0 Å². The molecule has 0 rings (SSSR count). The summed E-state index contributed by atoms with van der Waals surface area (Å²) in [5, 5.41) is 0. The third kappa shape index (κ3) is 4.38. The first kappa shape index (κ1) is 10.9. The van der Waals surface area contributed by atoms with Crippen LogP contribution in [0.1, 0.15) is 26.7 Å². The minimum atomic E-state index is 0.377. The lowest BCUT2D eigenvalue weighted by Gasteiger charge is -2.25. The van der Waals surface area contributed by atoms with Crippen LogP contribution in [0.4, 0.5) is 0 Å². The first-order chi connectivity index (χ1) is 5.11. The Bertz CT molecular complexity index is 93.6. The highest BCUT2D eigenvalue weighted by molar-refractivity contribution is 4.67. The second-order valence-electron chi connectivity index (χ2n) is 3.31. The van der Waals surface area contributed by atoms with Crippen molar-refractivity contribution in [1.29, 1.82) is 0 Å². The molecule has 0 aromatic carbocycles. The lowest BCUT2D eigenvalue weighted by Crippen LogP contribution is -2.30. The fourth-order valence-corrected chi connectivity index (χ4v) is 1.22. The van der Waals surface area contributed by atoms with Gasteiger partial charge in [-0.15, -0.1) is 0 Å². The number of hydrogen-bond donors (Lipinski definition) is 0. The van der Waals surface area contributed by atoms with Gasteiger partial charge in [0.25, 0.3) is 0 Å². The van der Waals surface area contributed by atoms with Gasteiger partial charge in [-0.1, -0.05) is 6.92 Å². The predicted molar refractivity (Wildman–Crippen MR) is 48.9 cm³/mol. The van der Waals surface area contributed by atoms with Gasteiger partial charge in [-0.05, 0) is 33.9 Å². The van der Waals surface area contributed by atoms with E-state index < -0.39 is 0 Å². The normalized spacial score (nSPS) is 16.9. The van der Waals surface area contributed by atoms with Gasteiger partial charge >= 0.3 is 0 Å². The molecule has 2 heteroatoms. The Hall–Kier alpha value is -0.0800. The SMILES string of the molecule is CCC(CC(C)OC)N(C)C. The number of nitrogens with zero attached hydrogens (tertiary/aromatic N) is 1. The first-order valence-corrected chi connectivity index (χ1v) is 4.31. The third-order valence-electron chi connectivity index (χ3n) is 2.21. The second kappa shape index (κ2) is 5.56. The van der Waals surface area contributed by atoms with Crippen molar-refractivity contribution in [2.24, 2.45) is 0 Å². The molecule has 2 unspecified atom stereocenters. The molecule has 0 aromatic heterocycles. The standard InChI is InChI=1S/C9H21NO/c1-6-9(10(3)4)7-8(2)11-5/h8-9H,6-7H2,1-5H3. The van der Waals surface area contributed by atoms with Gasteiger partial charge in [0.05, 0.1) is 6.10 Å². The molecular weight excluding hydrogens is 138 g/mol.